The van der Waals surface area contributed by atoms with Gasteiger partial charge < -0.3 is 9.88 Å². The molecule has 27 heavy (non-hydrogen) atoms. The Hall–Kier alpha value is -2.58. The van der Waals surface area contributed by atoms with Crippen LogP contribution in [0, 0.1) is 10.6 Å². The van der Waals surface area contributed by atoms with E-state index in [0.29, 0.717) is 17.1 Å². The maximum absolute atomic E-state index is 13.0. The van der Waals surface area contributed by atoms with Crippen LogP contribution in [0.1, 0.15) is 30.6 Å². The lowest BCUT2D eigenvalue weighted by molar-refractivity contribution is -0.116. The molecule has 0 aliphatic heterocycles. The Bertz CT molecular complexity index is 1020. The predicted octanol–water partition coefficient (Wildman–Crippen LogP) is 4.72. The fraction of sp³-hybridized carbons (Fsp3) is 0.211. The minimum absolute atomic E-state index is 0.162. The molecule has 2 N–H and O–H groups in total. The van der Waals surface area contributed by atoms with E-state index in [4.69, 9.17) is 12.2 Å². The highest BCUT2D eigenvalue weighted by molar-refractivity contribution is 7.71. The average Bonchev–Trinajstić information content (AvgIpc) is 3.25. The standard InChI is InChI=1S/C19H19FN4OS2/c1-12(2)24-17(22-23-19(24)26)11-21-18(25)10-8-15-7-9-16(27-15)13-3-5-14(20)6-4-13/h3-10,12H,11H2,1-2H3,(H,21,25)(H,23,26). The zero-order valence-electron chi connectivity index (χ0n) is 14.9. The molecule has 3 rings (SSSR count). The van der Waals surface area contributed by atoms with Crippen molar-refractivity contribution >= 4 is 35.5 Å². The smallest absolute Gasteiger partial charge is 0.244 e. The Morgan fingerprint density at radius 1 is 1.33 bits per heavy atom. The number of nitrogens with zero attached hydrogens (tertiary/aromatic N) is 2. The summed E-state index contributed by atoms with van der Waals surface area (Å²) in [7, 11) is 0. The zero-order valence-corrected chi connectivity index (χ0v) is 16.5. The van der Waals surface area contributed by atoms with E-state index in [1.165, 1.54) is 29.5 Å². The van der Waals surface area contributed by atoms with Gasteiger partial charge in [-0.15, -0.1) is 11.3 Å². The Balaban J connectivity index is 1.61. The summed E-state index contributed by atoms with van der Waals surface area (Å²) in [4.78, 5) is 14.0. The maximum atomic E-state index is 13.0. The first kappa shape index (κ1) is 19.2. The number of hydrogen-bond donors (Lipinski definition) is 2. The van der Waals surface area contributed by atoms with Gasteiger partial charge in [0, 0.05) is 21.9 Å². The molecule has 0 spiro atoms. The first-order chi connectivity index (χ1) is 12.9. The van der Waals surface area contributed by atoms with E-state index >= 15 is 0 Å². The van der Waals surface area contributed by atoms with Gasteiger partial charge in [0.05, 0.1) is 6.54 Å². The van der Waals surface area contributed by atoms with Crippen molar-refractivity contribution in [1.82, 2.24) is 20.1 Å². The highest BCUT2D eigenvalue weighted by Crippen LogP contribution is 2.28. The summed E-state index contributed by atoms with van der Waals surface area (Å²) in [6.45, 7) is 4.30. The molecule has 2 aromatic heterocycles. The number of amides is 1. The van der Waals surface area contributed by atoms with E-state index in [1.54, 1.807) is 18.2 Å². The van der Waals surface area contributed by atoms with Gasteiger partial charge in [0.15, 0.2) is 10.6 Å². The van der Waals surface area contributed by atoms with Gasteiger partial charge >= 0.3 is 0 Å². The molecule has 0 saturated heterocycles. The molecular formula is C19H19FN4OS2. The van der Waals surface area contributed by atoms with Crippen LogP contribution >= 0.6 is 23.6 Å². The number of aromatic amines is 1. The summed E-state index contributed by atoms with van der Waals surface area (Å²) < 4.78 is 15.4. The Morgan fingerprint density at radius 3 is 2.78 bits per heavy atom. The highest BCUT2D eigenvalue weighted by atomic mass is 32.1. The van der Waals surface area contributed by atoms with Gasteiger partial charge in [0.2, 0.25) is 5.91 Å². The number of hydrogen-bond acceptors (Lipinski definition) is 4. The van der Waals surface area contributed by atoms with Crippen LogP contribution in [0.2, 0.25) is 0 Å². The maximum Gasteiger partial charge on any atom is 0.244 e. The molecular weight excluding hydrogens is 383 g/mol. The minimum atomic E-state index is -0.258. The highest BCUT2D eigenvalue weighted by Gasteiger charge is 2.09. The van der Waals surface area contributed by atoms with Gasteiger partial charge in [-0.3, -0.25) is 9.89 Å². The third-order valence-corrected chi connectivity index (χ3v) is 5.26. The number of thiophene rings is 1. The second-order valence-corrected chi connectivity index (χ2v) is 7.67. The normalized spacial score (nSPS) is 11.4. The van der Waals surface area contributed by atoms with E-state index < -0.39 is 0 Å². The summed E-state index contributed by atoms with van der Waals surface area (Å²) in [5, 5.41) is 9.71. The van der Waals surface area contributed by atoms with E-state index in [1.807, 2.05) is 30.5 Å². The van der Waals surface area contributed by atoms with E-state index in [-0.39, 0.29) is 17.8 Å². The molecule has 0 atom stereocenters. The van der Waals surface area contributed by atoms with Crippen LogP contribution in [0.5, 0.6) is 0 Å². The molecule has 1 amide bonds. The zero-order chi connectivity index (χ0) is 19.4. The number of carbonyl (C=O) groups excluding carboxylic acids is 1. The molecule has 140 valence electrons. The Labute approximate surface area is 165 Å². The lowest BCUT2D eigenvalue weighted by Gasteiger charge is -2.10. The average molecular weight is 403 g/mol. The van der Waals surface area contributed by atoms with Crippen molar-refractivity contribution in [3.8, 4) is 10.4 Å². The van der Waals surface area contributed by atoms with Crippen LogP contribution in [0.25, 0.3) is 16.5 Å². The van der Waals surface area contributed by atoms with Crippen molar-refractivity contribution in [1.29, 1.82) is 0 Å². The summed E-state index contributed by atoms with van der Waals surface area (Å²) >= 11 is 6.73. The van der Waals surface area contributed by atoms with Crippen molar-refractivity contribution in [2.75, 3.05) is 0 Å². The lowest BCUT2D eigenvalue weighted by Crippen LogP contribution is -2.23. The molecule has 5 nitrogen and oxygen atoms in total. The van der Waals surface area contributed by atoms with Crippen molar-refractivity contribution in [2.45, 2.75) is 26.4 Å². The van der Waals surface area contributed by atoms with Gasteiger partial charge in [-0.1, -0.05) is 12.1 Å². The van der Waals surface area contributed by atoms with Crippen LogP contribution in [0.4, 0.5) is 4.39 Å². The fourth-order valence-corrected chi connectivity index (χ4v) is 3.87. The molecule has 2 heterocycles. The molecule has 0 unspecified atom stereocenters. The van der Waals surface area contributed by atoms with Crippen molar-refractivity contribution in [3.05, 3.63) is 63.8 Å². The number of rotatable bonds is 6. The SMILES string of the molecule is CC(C)n1c(CNC(=O)C=Cc2ccc(-c3ccc(F)cc3)s2)n[nH]c1=S. The lowest BCUT2D eigenvalue weighted by atomic mass is 10.2. The van der Waals surface area contributed by atoms with Gasteiger partial charge in [-0.2, -0.15) is 5.10 Å². The number of benzene rings is 1. The van der Waals surface area contributed by atoms with Gasteiger partial charge in [-0.05, 0) is 62.0 Å². The van der Waals surface area contributed by atoms with Gasteiger partial charge in [-0.25, -0.2) is 4.39 Å². The Morgan fingerprint density at radius 2 is 2.07 bits per heavy atom. The van der Waals surface area contributed by atoms with Crippen LogP contribution in [0.15, 0.2) is 42.5 Å². The number of nitrogens with one attached hydrogen (secondary N) is 2. The monoisotopic (exact) mass is 402 g/mol. The molecule has 8 heteroatoms. The first-order valence-corrected chi connectivity index (χ1v) is 9.64. The molecule has 1 aromatic carbocycles. The fourth-order valence-electron chi connectivity index (χ4n) is 2.59. The van der Waals surface area contributed by atoms with E-state index in [9.17, 15) is 9.18 Å². The number of aromatic nitrogens is 3. The van der Waals surface area contributed by atoms with Crippen molar-refractivity contribution in [3.63, 3.8) is 0 Å². The van der Waals surface area contributed by atoms with Crippen molar-refractivity contribution < 1.29 is 9.18 Å². The number of halogens is 1. The topological polar surface area (TPSA) is 62.7 Å². The largest absolute Gasteiger partial charge is 0.345 e. The molecule has 0 saturated carbocycles. The molecule has 0 radical (unpaired) electrons. The third kappa shape index (κ3) is 4.78. The van der Waals surface area contributed by atoms with Crippen molar-refractivity contribution in [2.24, 2.45) is 0 Å². The van der Waals surface area contributed by atoms with Crippen LogP contribution in [0.3, 0.4) is 0 Å². The molecule has 3 aromatic rings. The second kappa shape index (κ2) is 8.41. The summed E-state index contributed by atoms with van der Waals surface area (Å²) in [5.74, 6) is 0.216. The van der Waals surface area contributed by atoms with Crippen LogP contribution < -0.4 is 5.32 Å². The molecule has 0 fully saturated rings. The second-order valence-electron chi connectivity index (χ2n) is 6.17. The predicted molar refractivity (Wildman–Crippen MR) is 108 cm³/mol. The molecule has 0 aliphatic rings. The van der Waals surface area contributed by atoms with Gasteiger partial charge in [0.1, 0.15) is 5.82 Å². The number of carbonyl (C=O) groups is 1. The summed E-state index contributed by atoms with van der Waals surface area (Å²) in [6, 6.07) is 10.4. The minimum Gasteiger partial charge on any atom is -0.345 e. The molecule has 0 bridgehead atoms. The third-order valence-electron chi connectivity index (χ3n) is 3.87. The van der Waals surface area contributed by atoms with E-state index in [2.05, 4.69) is 15.5 Å². The summed E-state index contributed by atoms with van der Waals surface area (Å²) in [6.07, 6.45) is 3.24. The van der Waals surface area contributed by atoms with Crippen LogP contribution in [-0.2, 0) is 11.3 Å². The quantitative estimate of drug-likeness (QED) is 0.463. The van der Waals surface area contributed by atoms with Gasteiger partial charge in [0.25, 0.3) is 0 Å². The number of H-pyrrole nitrogens is 1. The van der Waals surface area contributed by atoms with E-state index in [0.717, 1.165) is 15.3 Å². The first-order valence-electron chi connectivity index (χ1n) is 8.41. The Kier molecular flexibility index (Phi) is 5.98. The molecule has 0 aliphatic carbocycles. The summed E-state index contributed by atoms with van der Waals surface area (Å²) in [5.41, 5.74) is 0.946. The van der Waals surface area contributed by atoms with Crippen LogP contribution in [-0.4, -0.2) is 20.7 Å².